The molecule has 0 aliphatic heterocycles. The number of hydrogen-bond donors (Lipinski definition) is 1. The number of carboxylic acid groups (broad SMARTS) is 1. The van der Waals surface area contributed by atoms with E-state index < -0.39 is 6.09 Å². The minimum Gasteiger partial charge on any atom is -0.465 e. The molecule has 2 rings (SSSR count). The van der Waals surface area contributed by atoms with Gasteiger partial charge in [-0.25, -0.2) is 9.78 Å². The van der Waals surface area contributed by atoms with E-state index in [1.807, 2.05) is 12.1 Å². The van der Waals surface area contributed by atoms with Crippen LogP contribution in [0.5, 0.6) is 0 Å². The van der Waals surface area contributed by atoms with Crippen LogP contribution in [0.2, 0.25) is 0 Å². The van der Waals surface area contributed by atoms with Crippen molar-refractivity contribution in [1.29, 1.82) is 0 Å². The summed E-state index contributed by atoms with van der Waals surface area (Å²) in [6.07, 6.45) is 0.419. The first-order valence-corrected chi connectivity index (χ1v) is 4.43. The molecule has 0 fully saturated rings. The molecule has 0 saturated heterocycles. The van der Waals surface area contributed by atoms with Gasteiger partial charge in [-0.15, -0.1) is 0 Å². The highest BCUT2D eigenvalue weighted by Crippen LogP contribution is 2.15. The second-order valence-electron chi connectivity index (χ2n) is 3.29. The first-order valence-electron chi connectivity index (χ1n) is 4.43. The van der Waals surface area contributed by atoms with Gasteiger partial charge in [0.15, 0.2) is 12.0 Å². The maximum absolute atomic E-state index is 10.6. The number of hydrogen-bond acceptors (Lipinski definition) is 3. The molecule has 5 heteroatoms. The molecule has 1 aromatic carbocycles. The van der Waals surface area contributed by atoms with Crippen LogP contribution in [0.15, 0.2) is 29.0 Å². The fourth-order valence-electron chi connectivity index (χ4n) is 1.34. The molecule has 1 amide bonds. The monoisotopic (exact) mass is 206 g/mol. The van der Waals surface area contributed by atoms with Crippen LogP contribution in [0.4, 0.5) is 4.79 Å². The molecule has 0 unspecified atom stereocenters. The molecule has 1 aromatic heterocycles. The smallest absolute Gasteiger partial charge is 0.407 e. The summed E-state index contributed by atoms with van der Waals surface area (Å²) in [5, 5.41) is 8.71. The van der Waals surface area contributed by atoms with Crippen molar-refractivity contribution in [1.82, 2.24) is 9.88 Å². The fraction of sp³-hybridized carbons (Fsp3) is 0.200. The first kappa shape index (κ1) is 9.51. The lowest BCUT2D eigenvalue weighted by atomic mass is 10.2. The van der Waals surface area contributed by atoms with E-state index in [1.165, 1.54) is 18.3 Å². The Bertz CT molecular complexity index is 492. The Morgan fingerprint density at radius 2 is 2.40 bits per heavy atom. The SMILES string of the molecule is CN(Cc1ccc2ncoc2c1)C(=O)O. The minimum atomic E-state index is -0.951. The van der Waals surface area contributed by atoms with Crippen molar-refractivity contribution < 1.29 is 14.3 Å². The molecule has 0 atom stereocenters. The number of fused-ring (bicyclic) bond motifs is 1. The van der Waals surface area contributed by atoms with Gasteiger partial charge in [-0.1, -0.05) is 6.07 Å². The minimum absolute atomic E-state index is 0.339. The number of carbonyl (C=O) groups is 1. The lowest BCUT2D eigenvalue weighted by Crippen LogP contribution is -2.23. The summed E-state index contributed by atoms with van der Waals surface area (Å²) in [6.45, 7) is 0.339. The quantitative estimate of drug-likeness (QED) is 0.815. The highest BCUT2D eigenvalue weighted by atomic mass is 16.4. The molecule has 0 aliphatic rings. The van der Waals surface area contributed by atoms with Gasteiger partial charge in [0.2, 0.25) is 0 Å². The standard InChI is InChI=1S/C10H10N2O3/c1-12(10(13)14)5-7-2-3-8-9(4-7)15-6-11-8/h2-4,6H,5H2,1H3,(H,13,14). The van der Waals surface area contributed by atoms with Crippen molar-refractivity contribution in [2.75, 3.05) is 7.05 Å². The van der Waals surface area contributed by atoms with E-state index in [0.29, 0.717) is 12.1 Å². The summed E-state index contributed by atoms with van der Waals surface area (Å²) in [6, 6.07) is 5.44. The summed E-state index contributed by atoms with van der Waals surface area (Å²) in [7, 11) is 1.52. The summed E-state index contributed by atoms with van der Waals surface area (Å²) < 4.78 is 5.12. The highest BCUT2D eigenvalue weighted by Gasteiger charge is 2.07. The number of nitrogens with zero attached hydrogens (tertiary/aromatic N) is 2. The number of benzene rings is 1. The number of amides is 1. The van der Waals surface area contributed by atoms with Crippen LogP contribution in [0.3, 0.4) is 0 Å². The van der Waals surface area contributed by atoms with E-state index in [-0.39, 0.29) is 0 Å². The second-order valence-corrected chi connectivity index (χ2v) is 3.29. The van der Waals surface area contributed by atoms with Gasteiger partial charge in [-0.2, -0.15) is 0 Å². The molecule has 15 heavy (non-hydrogen) atoms. The Balaban J connectivity index is 2.24. The predicted molar refractivity (Wildman–Crippen MR) is 53.5 cm³/mol. The lowest BCUT2D eigenvalue weighted by molar-refractivity contribution is 0.154. The average Bonchev–Trinajstić information content (AvgIpc) is 2.64. The van der Waals surface area contributed by atoms with Gasteiger partial charge < -0.3 is 14.4 Å². The number of aromatic nitrogens is 1. The Labute approximate surface area is 85.9 Å². The molecule has 2 aromatic rings. The van der Waals surface area contributed by atoms with Gasteiger partial charge in [0.1, 0.15) is 5.52 Å². The molecule has 0 bridgehead atoms. The van der Waals surface area contributed by atoms with Gasteiger partial charge in [-0.05, 0) is 17.7 Å². The maximum atomic E-state index is 10.6. The van der Waals surface area contributed by atoms with E-state index in [2.05, 4.69) is 4.98 Å². The fourth-order valence-corrected chi connectivity index (χ4v) is 1.34. The lowest BCUT2D eigenvalue weighted by Gasteiger charge is -2.12. The zero-order chi connectivity index (χ0) is 10.8. The van der Waals surface area contributed by atoms with Crippen LogP contribution in [0.25, 0.3) is 11.1 Å². The number of oxazole rings is 1. The van der Waals surface area contributed by atoms with E-state index in [4.69, 9.17) is 9.52 Å². The van der Waals surface area contributed by atoms with E-state index in [0.717, 1.165) is 11.1 Å². The van der Waals surface area contributed by atoms with Crippen molar-refractivity contribution in [2.45, 2.75) is 6.54 Å². The normalized spacial score (nSPS) is 10.5. The van der Waals surface area contributed by atoms with Gasteiger partial charge in [0, 0.05) is 13.6 Å². The van der Waals surface area contributed by atoms with Crippen LogP contribution >= 0.6 is 0 Å². The third kappa shape index (κ3) is 1.90. The van der Waals surface area contributed by atoms with Gasteiger partial charge in [0.05, 0.1) is 0 Å². The van der Waals surface area contributed by atoms with E-state index in [9.17, 15) is 4.79 Å². The molecule has 1 N–H and O–H groups in total. The van der Waals surface area contributed by atoms with Crippen LogP contribution in [-0.4, -0.2) is 28.1 Å². The molecule has 0 saturated carbocycles. The summed E-state index contributed by atoms with van der Waals surface area (Å²) in [5.74, 6) is 0. The highest BCUT2D eigenvalue weighted by molar-refractivity contribution is 5.73. The van der Waals surface area contributed by atoms with Gasteiger partial charge in [0.25, 0.3) is 0 Å². The predicted octanol–water partition coefficient (Wildman–Crippen LogP) is 1.94. The molecule has 78 valence electrons. The zero-order valence-corrected chi connectivity index (χ0v) is 8.17. The Morgan fingerprint density at radius 3 is 3.13 bits per heavy atom. The van der Waals surface area contributed by atoms with Crippen molar-refractivity contribution >= 4 is 17.2 Å². The van der Waals surface area contributed by atoms with Crippen LogP contribution in [-0.2, 0) is 6.54 Å². The first-order chi connectivity index (χ1) is 7.16. The average molecular weight is 206 g/mol. The van der Waals surface area contributed by atoms with E-state index in [1.54, 1.807) is 6.07 Å². The third-order valence-electron chi connectivity index (χ3n) is 2.14. The molecule has 0 spiro atoms. The second kappa shape index (κ2) is 3.61. The number of rotatable bonds is 2. The Kier molecular flexibility index (Phi) is 2.29. The van der Waals surface area contributed by atoms with Crippen LogP contribution in [0.1, 0.15) is 5.56 Å². The van der Waals surface area contributed by atoms with Crippen molar-refractivity contribution in [3.8, 4) is 0 Å². The molecule has 0 radical (unpaired) electrons. The molecule has 5 nitrogen and oxygen atoms in total. The molecular weight excluding hydrogens is 196 g/mol. The molecule has 1 heterocycles. The molecular formula is C10H10N2O3. The maximum Gasteiger partial charge on any atom is 0.407 e. The van der Waals surface area contributed by atoms with Crippen molar-refractivity contribution in [3.63, 3.8) is 0 Å². The summed E-state index contributed by atoms with van der Waals surface area (Å²) in [5.41, 5.74) is 2.33. The largest absolute Gasteiger partial charge is 0.465 e. The summed E-state index contributed by atoms with van der Waals surface area (Å²) in [4.78, 5) is 15.8. The Morgan fingerprint density at radius 1 is 1.60 bits per heavy atom. The van der Waals surface area contributed by atoms with Gasteiger partial charge in [-0.3, -0.25) is 0 Å². The third-order valence-corrected chi connectivity index (χ3v) is 2.14. The van der Waals surface area contributed by atoms with E-state index >= 15 is 0 Å². The summed E-state index contributed by atoms with van der Waals surface area (Å²) >= 11 is 0. The van der Waals surface area contributed by atoms with Gasteiger partial charge >= 0.3 is 6.09 Å². The van der Waals surface area contributed by atoms with Crippen LogP contribution < -0.4 is 0 Å². The Hall–Kier alpha value is -2.04. The molecule has 0 aliphatic carbocycles. The van der Waals surface area contributed by atoms with Crippen LogP contribution in [0, 0.1) is 0 Å². The van der Waals surface area contributed by atoms with Crippen molar-refractivity contribution in [2.24, 2.45) is 0 Å². The zero-order valence-electron chi connectivity index (χ0n) is 8.17. The topological polar surface area (TPSA) is 66.6 Å². The van der Waals surface area contributed by atoms with Crippen molar-refractivity contribution in [3.05, 3.63) is 30.2 Å².